The highest BCUT2D eigenvalue weighted by Crippen LogP contribution is 2.18. The van der Waals surface area contributed by atoms with Gasteiger partial charge < -0.3 is 15.2 Å². The van der Waals surface area contributed by atoms with E-state index in [4.69, 9.17) is 4.74 Å². The highest BCUT2D eigenvalue weighted by Gasteiger charge is 2.24. The van der Waals surface area contributed by atoms with E-state index in [1.807, 2.05) is 0 Å². The highest BCUT2D eigenvalue weighted by atomic mass is 16.5. The molecule has 0 aliphatic heterocycles. The molecule has 0 heterocycles. The number of ether oxygens (including phenoxy) is 1. The molecule has 1 aliphatic rings. The molecule has 1 saturated carbocycles. The molecule has 1 rings (SSSR count). The zero-order valence-electron chi connectivity index (χ0n) is 8.62. The summed E-state index contributed by atoms with van der Waals surface area (Å²) < 4.78 is 5.04. The summed E-state index contributed by atoms with van der Waals surface area (Å²) in [5.41, 5.74) is 0. The predicted octanol–water partition coefficient (Wildman–Crippen LogP) is 0.772. The SMILES string of the molecule is COCC(C)CNC1CCCC1O. The van der Waals surface area contributed by atoms with Gasteiger partial charge in [-0.25, -0.2) is 0 Å². The van der Waals surface area contributed by atoms with Gasteiger partial charge in [0, 0.05) is 26.3 Å². The van der Waals surface area contributed by atoms with Gasteiger partial charge in [-0.05, 0) is 25.2 Å². The van der Waals surface area contributed by atoms with Gasteiger partial charge in [0.2, 0.25) is 0 Å². The Bertz CT molecular complexity index is 141. The molecule has 78 valence electrons. The Morgan fingerprint density at radius 3 is 2.85 bits per heavy atom. The van der Waals surface area contributed by atoms with Gasteiger partial charge in [0.05, 0.1) is 6.10 Å². The summed E-state index contributed by atoms with van der Waals surface area (Å²) in [5.74, 6) is 0.526. The fraction of sp³-hybridized carbons (Fsp3) is 1.00. The Morgan fingerprint density at radius 2 is 2.31 bits per heavy atom. The van der Waals surface area contributed by atoms with Crippen LogP contribution in [0.4, 0.5) is 0 Å². The lowest BCUT2D eigenvalue weighted by Crippen LogP contribution is -2.38. The lowest BCUT2D eigenvalue weighted by Gasteiger charge is -2.19. The van der Waals surface area contributed by atoms with Crippen molar-refractivity contribution in [2.24, 2.45) is 5.92 Å². The van der Waals surface area contributed by atoms with E-state index < -0.39 is 0 Å². The predicted molar refractivity (Wildman–Crippen MR) is 52.7 cm³/mol. The van der Waals surface area contributed by atoms with Crippen LogP contribution in [0.1, 0.15) is 26.2 Å². The summed E-state index contributed by atoms with van der Waals surface area (Å²) in [6.07, 6.45) is 3.09. The molecule has 0 spiro atoms. The van der Waals surface area contributed by atoms with Crippen LogP contribution in [0.5, 0.6) is 0 Å². The van der Waals surface area contributed by atoms with Crippen molar-refractivity contribution >= 4 is 0 Å². The third kappa shape index (κ3) is 3.63. The summed E-state index contributed by atoms with van der Waals surface area (Å²) in [7, 11) is 1.72. The average Bonchev–Trinajstić information content (AvgIpc) is 2.48. The second kappa shape index (κ2) is 5.58. The van der Waals surface area contributed by atoms with Crippen molar-refractivity contribution in [1.82, 2.24) is 5.32 Å². The molecule has 0 saturated heterocycles. The maximum atomic E-state index is 9.54. The molecular weight excluding hydrogens is 166 g/mol. The van der Waals surface area contributed by atoms with E-state index >= 15 is 0 Å². The summed E-state index contributed by atoms with van der Waals surface area (Å²) in [6, 6.07) is 0.319. The van der Waals surface area contributed by atoms with E-state index in [-0.39, 0.29) is 6.10 Å². The van der Waals surface area contributed by atoms with Crippen molar-refractivity contribution in [3.05, 3.63) is 0 Å². The maximum Gasteiger partial charge on any atom is 0.0693 e. The number of aliphatic hydroxyl groups is 1. The van der Waals surface area contributed by atoms with E-state index in [0.29, 0.717) is 12.0 Å². The summed E-state index contributed by atoms with van der Waals surface area (Å²) in [6.45, 7) is 3.88. The first-order chi connectivity index (χ1) is 6.24. The van der Waals surface area contributed by atoms with Crippen LogP contribution in [0.3, 0.4) is 0 Å². The molecule has 1 fully saturated rings. The molecule has 13 heavy (non-hydrogen) atoms. The largest absolute Gasteiger partial charge is 0.392 e. The van der Waals surface area contributed by atoms with Crippen molar-refractivity contribution in [2.75, 3.05) is 20.3 Å². The molecule has 0 radical (unpaired) electrons. The number of hydrogen-bond donors (Lipinski definition) is 2. The van der Waals surface area contributed by atoms with Gasteiger partial charge >= 0.3 is 0 Å². The molecule has 0 aromatic heterocycles. The Labute approximate surface area is 80.5 Å². The van der Waals surface area contributed by atoms with Crippen molar-refractivity contribution in [2.45, 2.75) is 38.3 Å². The number of aliphatic hydroxyl groups excluding tert-OH is 1. The number of hydrogen-bond acceptors (Lipinski definition) is 3. The fourth-order valence-corrected chi connectivity index (χ4v) is 1.87. The fourth-order valence-electron chi connectivity index (χ4n) is 1.87. The second-order valence-electron chi connectivity index (χ2n) is 4.07. The highest BCUT2D eigenvalue weighted by molar-refractivity contribution is 4.82. The van der Waals surface area contributed by atoms with Gasteiger partial charge in [0.1, 0.15) is 0 Å². The second-order valence-corrected chi connectivity index (χ2v) is 4.07. The number of rotatable bonds is 5. The molecule has 0 aromatic rings. The first kappa shape index (κ1) is 11.0. The van der Waals surface area contributed by atoms with Crippen molar-refractivity contribution in [1.29, 1.82) is 0 Å². The van der Waals surface area contributed by atoms with E-state index in [1.165, 1.54) is 0 Å². The molecule has 2 N–H and O–H groups in total. The van der Waals surface area contributed by atoms with Gasteiger partial charge in [0.15, 0.2) is 0 Å². The molecule has 3 heteroatoms. The van der Waals surface area contributed by atoms with Crippen molar-refractivity contribution < 1.29 is 9.84 Å². The summed E-state index contributed by atoms with van der Waals surface area (Å²) in [4.78, 5) is 0. The first-order valence-corrected chi connectivity index (χ1v) is 5.14. The monoisotopic (exact) mass is 187 g/mol. The maximum absolute atomic E-state index is 9.54. The third-order valence-electron chi connectivity index (χ3n) is 2.66. The summed E-state index contributed by atoms with van der Waals surface area (Å²) in [5, 5.41) is 12.9. The lowest BCUT2D eigenvalue weighted by molar-refractivity contribution is 0.132. The molecule has 1 aliphatic carbocycles. The van der Waals surface area contributed by atoms with Crippen LogP contribution in [0.25, 0.3) is 0 Å². The molecule has 0 bridgehead atoms. The van der Waals surface area contributed by atoms with Gasteiger partial charge in [-0.3, -0.25) is 0 Å². The van der Waals surface area contributed by atoms with Crippen LogP contribution in [0, 0.1) is 5.92 Å². The molecule has 3 unspecified atom stereocenters. The molecule has 0 aromatic carbocycles. The standard InChI is InChI=1S/C10H21NO2/c1-8(7-13-2)6-11-9-4-3-5-10(9)12/h8-12H,3-7H2,1-2H3. The van der Waals surface area contributed by atoms with E-state index in [0.717, 1.165) is 32.4 Å². The minimum absolute atomic E-state index is 0.130. The van der Waals surface area contributed by atoms with Gasteiger partial charge in [-0.15, -0.1) is 0 Å². The molecule has 3 nitrogen and oxygen atoms in total. The van der Waals surface area contributed by atoms with Crippen LogP contribution in [0.2, 0.25) is 0 Å². The third-order valence-corrected chi connectivity index (χ3v) is 2.66. The van der Waals surface area contributed by atoms with Crippen LogP contribution >= 0.6 is 0 Å². The van der Waals surface area contributed by atoms with E-state index in [2.05, 4.69) is 12.2 Å². The lowest BCUT2D eigenvalue weighted by atomic mass is 10.1. The Hall–Kier alpha value is -0.120. The topological polar surface area (TPSA) is 41.5 Å². The van der Waals surface area contributed by atoms with E-state index in [1.54, 1.807) is 7.11 Å². The average molecular weight is 187 g/mol. The zero-order valence-corrected chi connectivity index (χ0v) is 8.62. The van der Waals surface area contributed by atoms with Crippen LogP contribution in [0.15, 0.2) is 0 Å². The van der Waals surface area contributed by atoms with Gasteiger partial charge in [0.25, 0.3) is 0 Å². The summed E-state index contributed by atoms with van der Waals surface area (Å²) >= 11 is 0. The van der Waals surface area contributed by atoms with Crippen LogP contribution in [-0.4, -0.2) is 37.5 Å². The minimum atomic E-state index is -0.130. The van der Waals surface area contributed by atoms with Crippen molar-refractivity contribution in [3.8, 4) is 0 Å². The first-order valence-electron chi connectivity index (χ1n) is 5.14. The van der Waals surface area contributed by atoms with Gasteiger partial charge in [-0.2, -0.15) is 0 Å². The molecular formula is C10H21NO2. The molecule has 3 atom stereocenters. The minimum Gasteiger partial charge on any atom is -0.392 e. The normalized spacial score (nSPS) is 30.7. The number of methoxy groups -OCH3 is 1. The Balaban J connectivity index is 2.10. The van der Waals surface area contributed by atoms with Gasteiger partial charge in [-0.1, -0.05) is 6.92 Å². The number of nitrogens with one attached hydrogen (secondary N) is 1. The van der Waals surface area contributed by atoms with Crippen LogP contribution < -0.4 is 5.32 Å². The molecule has 0 amide bonds. The Morgan fingerprint density at radius 1 is 1.54 bits per heavy atom. The quantitative estimate of drug-likeness (QED) is 0.668. The smallest absolute Gasteiger partial charge is 0.0693 e. The Kier molecular flexibility index (Phi) is 4.70. The zero-order chi connectivity index (χ0) is 9.68. The van der Waals surface area contributed by atoms with Crippen molar-refractivity contribution in [3.63, 3.8) is 0 Å². The van der Waals surface area contributed by atoms with Crippen LogP contribution in [-0.2, 0) is 4.74 Å². The van der Waals surface area contributed by atoms with E-state index in [9.17, 15) is 5.11 Å².